The molecule has 0 aromatic heterocycles. The maximum Gasteiger partial charge on any atom is 0.0252 e. The quantitative estimate of drug-likeness (QED) is 0.905. The third kappa shape index (κ3) is 3.62. The summed E-state index contributed by atoms with van der Waals surface area (Å²) in [6, 6.07) is 12.5. The van der Waals surface area contributed by atoms with E-state index in [1.54, 1.807) is 0 Å². The Morgan fingerprint density at radius 2 is 1.80 bits per heavy atom. The summed E-state index contributed by atoms with van der Waals surface area (Å²) in [5.74, 6) is 0. The lowest BCUT2D eigenvalue weighted by Gasteiger charge is -2.40. The number of nitrogens with one attached hydrogen (secondary N) is 1. The van der Waals surface area contributed by atoms with E-state index in [4.69, 9.17) is 0 Å². The maximum absolute atomic E-state index is 3.83. The van der Waals surface area contributed by atoms with Crippen molar-refractivity contribution in [3.8, 4) is 0 Å². The highest BCUT2D eigenvalue weighted by atomic mass is 15.2. The van der Waals surface area contributed by atoms with E-state index in [0.717, 1.165) is 18.6 Å². The third-order valence-corrected chi connectivity index (χ3v) is 4.96. The number of nitrogens with zero attached hydrogens (tertiary/aromatic N) is 1. The smallest absolute Gasteiger partial charge is 0.0252 e. The van der Waals surface area contributed by atoms with Gasteiger partial charge in [0.15, 0.2) is 0 Å². The summed E-state index contributed by atoms with van der Waals surface area (Å²) < 4.78 is 0. The van der Waals surface area contributed by atoms with Crippen LogP contribution in [0.15, 0.2) is 30.3 Å². The predicted octanol–water partition coefficient (Wildman–Crippen LogP) is 3.57. The van der Waals surface area contributed by atoms with E-state index in [-0.39, 0.29) is 0 Å². The van der Waals surface area contributed by atoms with Gasteiger partial charge in [0.05, 0.1) is 0 Å². The zero-order chi connectivity index (χ0) is 13.6. The van der Waals surface area contributed by atoms with Crippen LogP contribution in [0.1, 0.15) is 50.5 Å². The Morgan fingerprint density at radius 1 is 0.950 bits per heavy atom. The molecule has 3 rings (SSSR count). The summed E-state index contributed by atoms with van der Waals surface area (Å²) in [6.45, 7) is 3.63. The fourth-order valence-corrected chi connectivity index (χ4v) is 3.87. The molecule has 0 amide bonds. The molecule has 110 valence electrons. The number of likely N-dealkylation sites (tertiary alicyclic amines) is 1. The fourth-order valence-electron chi connectivity index (χ4n) is 3.87. The molecule has 1 aromatic carbocycles. The highest BCUT2D eigenvalue weighted by Crippen LogP contribution is 2.25. The summed E-state index contributed by atoms with van der Waals surface area (Å²) in [4.78, 5) is 2.74. The van der Waals surface area contributed by atoms with Crippen LogP contribution in [0, 0.1) is 0 Å². The van der Waals surface area contributed by atoms with E-state index in [9.17, 15) is 0 Å². The molecule has 2 fully saturated rings. The molecular formula is C18H28N2. The topological polar surface area (TPSA) is 15.3 Å². The highest BCUT2D eigenvalue weighted by Gasteiger charge is 2.29. The Morgan fingerprint density at radius 3 is 2.70 bits per heavy atom. The Labute approximate surface area is 123 Å². The van der Waals surface area contributed by atoms with Crippen LogP contribution in [-0.4, -0.2) is 30.1 Å². The van der Waals surface area contributed by atoms with E-state index in [1.165, 1.54) is 63.6 Å². The highest BCUT2D eigenvalue weighted by molar-refractivity contribution is 5.15. The summed E-state index contributed by atoms with van der Waals surface area (Å²) in [5.41, 5.74) is 1.47. The molecule has 2 atom stereocenters. The first-order valence-electron chi connectivity index (χ1n) is 8.45. The van der Waals surface area contributed by atoms with E-state index in [2.05, 4.69) is 40.5 Å². The van der Waals surface area contributed by atoms with E-state index in [0.29, 0.717) is 0 Å². The van der Waals surface area contributed by atoms with Crippen molar-refractivity contribution < 1.29 is 0 Å². The molecule has 2 heterocycles. The third-order valence-electron chi connectivity index (χ3n) is 4.96. The van der Waals surface area contributed by atoms with Gasteiger partial charge in [-0.05, 0) is 44.3 Å². The van der Waals surface area contributed by atoms with Crippen molar-refractivity contribution in [1.29, 1.82) is 0 Å². The molecule has 1 N–H and O–H groups in total. The van der Waals surface area contributed by atoms with Crippen LogP contribution in [0.2, 0.25) is 0 Å². The van der Waals surface area contributed by atoms with Gasteiger partial charge in [0, 0.05) is 18.6 Å². The van der Waals surface area contributed by atoms with Crippen LogP contribution in [0.5, 0.6) is 0 Å². The van der Waals surface area contributed by atoms with Gasteiger partial charge in [-0.15, -0.1) is 0 Å². The Bertz CT molecular complexity index is 382. The SMILES string of the molecule is c1ccc(CN2CCCCC2C2CCCCCN2)cc1. The van der Waals surface area contributed by atoms with Gasteiger partial charge in [-0.1, -0.05) is 49.6 Å². The largest absolute Gasteiger partial charge is 0.312 e. The van der Waals surface area contributed by atoms with E-state index < -0.39 is 0 Å². The molecule has 0 bridgehead atoms. The Kier molecular flexibility index (Phi) is 5.10. The van der Waals surface area contributed by atoms with Crippen LogP contribution in [-0.2, 0) is 6.54 Å². The molecule has 0 aliphatic carbocycles. The van der Waals surface area contributed by atoms with Gasteiger partial charge in [0.2, 0.25) is 0 Å². The van der Waals surface area contributed by atoms with Crippen LogP contribution in [0.25, 0.3) is 0 Å². The van der Waals surface area contributed by atoms with Crippen LogP contribution >= 0.6 is 0 Å². The first-order chi connectivity index (χ1) is 9.93. The lowest BCUT2D eigenvalue weighted by Crippen LogP contribution is -2.51. The zero-order valence-corrected chi connectivity index (χ0v) is 12.6. The first kappa shape index (κ1) is 14.1. The summed E-state index contributed by atoms with van der Waals surface area (Å²) in [6.07, 6.45) is 9.72. The van der Waals surface area contributed by atoms with Crippen molar-refractivity contribution in [2.75, 3.05) is 13.1 Å². The van der Waals surface area contributed by atoms with E-state index in [1.807, 2.05) is 0 Å². The molecule has 2 heteroatoms. The van der Waals surface area contributed by atoms with Crippen molar-refractivity contribution in [3.63, 3.8) is 0 Å². The molecular weight excluding hydrogens is 244 g/mol. The number of hydrogen-bond acceptors (Lipinski definition) is 2. The van der Waals surface area contributed by atoms with Gasteiger partial charge in [-0.25, -0.2) is 0 Å². The van der Waals surface area contributed by atoms with Crippen molar-refractivity contribution in [2.24, 2.45) is 0 Å². The summed E-state index contributed by atoms with van der Waals surface area (Å²) in [7, 11) is 0. The normalized spacial score (nSPS) is 29.0. The molecule has 1 aromatic rings. The molecule has 2 unspecified atom stereocenters. The fraction of sp³-hybridized carbons (Fsp3) is 0.667. The van der Waals surface area contributed by atoms with Crippen molar-refractivity contribution >= 4 is 0 Å². The maximum atomic E-state index is 3.83. The minimum atomic E-state index is 0.724. The predicted molar refractivity (Wildman–Crippen MR) is 84.7 cm³/mol. The van der Waals surface area contributed by atoms with Crippen molar-refractivity contribution in [2.45, 2.75) is 63.6 Å². The molecule has 2 saturated heterocycles. The zero-order valence-electron chi connectivity index (χ0n) is 12.6. The van der Waals surface area contributed by atoms with E-state index >= 15 is 0 Å². The Hall–Kier alpha value is -0.860. The lowest BCUT2D eigenvalue weighted by atomic mass is 9.92. The standard InChI is InChI=1S/C18H28N2/c1-3-9-16(10-4-1)15-20-14-8-6-12-18(20)17-11-5-2-7-13-19-17/h1,3-4,9-10,17-19H,2,5-8,11-15H2. The van der Waals surface area contributed by atoms with Crippen LogP contribution < -0.4 is 5.32 Å². The lowest BCUT2D eigenvalue weighted by molar-refractivity contribution is 0.105. The molecule has 2 nitrogen and oxygen atoms in total. The van der Waals surface area contributed by atoms with Gasteiger partial charge in [0.1, 0.15) is 0 Å². The number of piperidine rings is 1. The second-order valence-corrected chi connectivity index (χ2v) is 6.43. The Balaban J connectivity index is 1.66. The second-order valence-electron chi connectivity index (χ2n) is 6.43. The summed E-state index contributed by atoms with van der Waals surface area (Å²) >= 11 is 0. The molecule has 0 saturated carbocycles. The van der Waals surface area contributed by atoms with Crippen LogP contribution in [0.4, 0.5) is 0 Å². The number of benzene rings is 1. The van der Waals surface area contributed by atoms with Crippen LogP contribution in [0.3, 0.4) is 0 Å². The average Bonchev–Trinajstić information content (AvgIpc) is 2.78. The average molecular weight is 272 g/mol. The molecule has 0 radical (unpaired) electrons. The minimum Gasteiger partial charge on any atom is -0.312 e. The van der Waals surface area contributed by atoms with Gasteiger partial charge in [-0.2, -0.15) is 0 Å². The first-order valence-corrected chi connectivity index (χ1v) is 8.45. The second kappa shape index (κ2) is 7.24. The summed E-state index contributed by atoms with van der Waals surface area (Å²) in [5, 5.41) is 3.83. The van der Waals surface area contributed by atoms with Gasteiger partial charge < -0.3 is 5.32 Å². The van der Waals surface area contributed by atoms with Crippen molar-refractivity contribution in [1.82, 2.24) is 10.2 Å². The number of hydrogen-bond donors (Lipinski definition) is 1. The molecule has 20 heavy (non-hydrogen) atoms. The minimum absolute atomic E-state index is 0.724. The van der Waals surface area contributed by atoms with Gasteiger partial charge in [-0.3, -0.25) is 4.90 Å². The monoisotopic (exact) mass is 272 g/mol. The van der Waals surface area contributed by atoms with Gasteiger partial charge in [0.25, 0.3) is 0 Å². The van der Waals surface area contributed by atoms with Gasteiger partial charge >= 0.3 is 0 Å². The number of rotatable bonds is 3. The molecule has 2 aliphatic rings. The van der Waals surface area contributed by atoms with Crippen molar-refractivity contribution in [3.05, 3.63) is 35.9 Å². The molecule has 2 aliphatic heterocycles. The molecule has 0 spiro atoms.